The molecule has 0 aliphatic rings. The predicted octanol–water partition coefficient (Wildman–Crippen LogP) is -0.855. The zero-order valence-electron chi connectivity index (χ0n) is 6.54. The van der Waals surface area contributed by atoms with Gasteiger partial charge in [0.2, 0.25) is 5.76 Å². The van der Waals surface area contributed by atoms with Crippen molar-refractivity contribution in [3.8, 4) is 0 Å². The lowest BCUT2D eigenvalue weighted by Gasteiger charge is -2.08. The zero-order chi connectivity index (χ0) is 10.5. The molecule has 0 bridgehead atoms. The van der Waals surface area contributed by atoms with Crippen LogP contribution in [0.2, 0.25) is 0 Å². The van der Waals surface area contributed by atoms with E-state index in [0.29, 0.717) is 0 Å². The van der Waals surface area contributed by atoms with E-state index in [9.17, 15) is 9.36 Å². The highest BCUT2D eigenvalue weighted by Gasteiger charge is 2.21. The number of hydrogen-bond acceptors (Lipinski definition) is 5. The minimum Gasteiger partial charge on any atom is -0.457 e. The summed E-state index contributed by atoms with van der Waals surface area (Å²) in [5.41, 5.74) is 0. The summed E-state index contributed by atoms with van der Waals surface area (Å²) in [5, 5.41) is 8.23. The molecule has 0 unspecified atom stereocenters. The maximum atomic E-state index is 10.7. The van der Waals surface area contributed by atoms with Gasteiger partial charge in [0.1, 0.15) is 6.61 Å². The predicted molar refractivity (Wildman–Crippen MR) is 40.3 cm³/mol. The number of rotatable bonds is 5. The van der Waals surface area contributed by atoms with E-state index >= 15 is 0 Å². The van der Waals surface area contributed by atoms with Crippen LogP contribution < -0.4 is 0 Å². The quantitative estimate of drug-likeness (QED) is 0.235. The van der Waals surface area contributed by atoms with Gasteiger partial charge in [0, 0.05) is 0 Å². The van der Waals surface area contributed by atoms with Crippen molar-refractivity contribution in [2.24, 2.45) is 0 Å². The molecule has 0 aliphatic carbocycles. The Hall–Kier alpha value is -0.880. The van der Waals surface area contributed by atoms with Gasteiger partial charge in [-0.1, -0.05) is 0 Å². The van der Waals surface area contributed by atoms with Crippen molar-refractivity contribution in [3.63, 3.8) is 0 Å². The first-order valence-corrected chi connectivity index (χ1v) is 4.62. The molecule has 0 radical (unpaired) electrons. The van der Waals surface area contributed by atoms with Gasteiger partial charge < -0.3 is 14.4 Å². The second kappa shape index (κ2) is 4.98. The van der Waals surface area contributed by atoms with E-state index in [4.69, 9.17) is 14.9 Å². The summed E-state index contributed by atoms with van der Waals surface area (Å²) < 4.78 is 18.2. The first-order chi connectivity index (χ1) is 5.87. The number of esters is 1. The summed E-state index contributed by atoms with van der Waals surface area (Å²) in [6, 6.07) is 0. The van der Waals surface area contributed by atoms with Crippen LogP contribution in [0.25, 0.3) is 0 Å². The summed E-state index contributed by atoms with van der Waals surface area (Å²) in [5.74, 6) is -1.93. The Morgan fingerprint density at radius 1 is 1.46 bits per heavy atom. The average molecular weight is 212 g/mol. The fourth-order valence-electron chi connectivity index (χ4n) is 0.400. The van der Waals surface area contributed by atoms with E-state index in [-0.39, 0.29) is 6.61 Å². The molecule has 0 atom stereocenters. The van der Waals surface area contributed by atoms with Crippen molar-refractivity contribution in [3.05, 3.63) is 12.3 Å². The van der Waals surface area contributed by atoms with Crippen LogP contribution in [0.3, 0.4) is 0 Å². The molecule has 0 aromatic rings. The lowest BCUT2D eigenvalue weighted by molar-refractivity contribution is -0.142. The Morgan fingerprint density at radius 3 is 2.38 bits per heavy atom. The highest BCUT2D eigenvalue weighted by Crippen LogP contribution is 2.38. The summed E-state index contributed by atoms with van der Waals surface area (Å²) in [7, 11) is -4.77. The molecule has 0 saturated carbocycles. The lowest BCUT2D eigenvalue weighted by Crippen LogP contribution is -2.11. The molecule has 0 rings (SSSR count). The molecular weight excluding hydrogens is 203 g/mol. The van der Waals surface area contributed by atoms with E-state index in [1.165, 1.54) is 0 Å². The van der Waals surface area contributed by atoms with Crippen molar-refractivity contribution in [2.45, 2.75) is 0 Å². The van der Waals surface area contributed by atoms with E-state index < -0.39 is 26.2 Å². The van der Waals surface area contributed by atoms with Crippen molar-refractivity contribution in [1.82, 2.24) is 0 Å². The monoisotopic (exact) mass is 212 g/mol. The molecule has 0 fully saturated rings. The Morgan fingerprint density at radius 2 is 2.00 bits per heavy atom. The van der Waals surface area contributed by atoms with Crippen LogP contribution in [0.5, 0.6) is 0 Å². The van der Waals surface area contributed by atoms with Crippen LogP contribution in [0.4, 0.5) is 0 Å². The van der Waals surface area contributed by atoms with Crippen LogP contribution in [-0.2, 0) is 18.6 Å². The number of carbonyl (C=O) groups is 1. The number of carbonyl (C=O) groups excluding carboxylic acids is 1. The number of aliphatic hydroxyl groups is 1. The van der Waals surface area contributed by atoms with Gasteiger partial charge in [-0.25, -0.2) is 9.36 Å². The molecule has 3 N–H and O–H groups in total. The second-order valence-corrected chi connectivity index (χ2v) is 3.03. The van der Waals surface area contributed by atoms with Gasteiger partial charge in [-0.05, 0) is 6.58 Å². The number of phosphoric acid groups is 1. The van der Waals surface area contributed by atoms with Gasteiger partial charge >= 0.3 is 13.8 Å². The largest absolute Gasteiger partial charge is 0.525 e. The molecule has 0 saturated heterocycles. The fourth-order valence-corrected chi connectivity index (χ4v) is 0.761. The Bertz CT molecular complexity index is 241. The molecule has 0 aromatic carbocycles. The minimum absolute atomic E-state index is 0.289. The zero-order valence-corrected chi connectivity index (χ0v) is 7.44. The highest BCUT2D eigenvalue weighted by atomic mass is 31.2. The third kappa shape index (κ3) is 6.30. The van der Waals surface area contributed by atoms with Gasteiger partial charge in [0.15, 0.2) is 0 Å². The molecular formula is C5H9O7P. The maximum Gasteiger partial charge on any atom is 0.525 e. The van der Waals surface area contributed by atoms with Gasteiger partial charge in [-0.3, -0.25) is 9.79 Å². The molecule has 0 heterocycles. The summed E-state index contributed by atoms with van der Waals surface area (Å²) in [6.45, 7) is 2.24. The Labute approximate surface area is 73.8 Å². The lowest BCUT2D eigenvalue weighted by atomic mass is 10.6. The van der Waals surface area contributed by atoms with Crippen LogP contribution in [0.1, 0.15) is 0 Å². The standard InChI is InChI=1S/C5H9O7P/c1-4(12-13(8,9)10)5(7)11-3-2-6/h6H,1-3H2,(H2,8,9,10). The molecule has 13 heavy (non-hydrogen) atoms. The normalized spacial score (nSPS) is 10.7. The van der Waals surface area contributed by atoms with E-state index in [0.717, 1.165) is 0 Å². The van der Waals surface area contributed by atoms with Crippen LogP contribution in [0.15, 0.2) is 12.3 Å². The molecule has 0 amide bonds. The van der Waals surface area contributed by atoms with E-state index in [1.807, 2.05) is 0 Å². The van der Waals surface area contributed by atoms with E-state index in [1.54, 1.807) is 0 Å². The molecule has 8 heteroatoms. The first-order valence-electron chi connectivity index (χ1n) is 3.09. The third-order valence-electron chi connectivity index (χ3n) is 0.781. The van der Waals surface area contributed by atoms with Gasteiger partial charge in [0.25, 0.3) is 0 Å². The maximum absolute atomic E-state index is 10.7. The number of hydrogen-bond donors (Lipinski definition) is 3. The molecule has 0 aliphatic heterocycles. The molecule has 76 valence electrons. The van der Waals surface area contributed by atoms with Gasteiger partial charge in [0.05, 0.1) is 6.61 Å². The number of phosphoric ester groups is 1. The minimum atomic E-state index is -4.77. The number of ether oxygens (including phenoxy) is 1. The fraction of sp³-hybridized carbons (Fsp3) is 0.400. The van der Waals surface area contributed by atoms with Crippen molar-refractivity contribution in [2.75, 3.05) is 13.2 Å². The second-order valence-electron chi connectivity index (χ2n) is 1.86. The average Bonchev–Trinajstić information content (AvgIpc) is 1.96. The smallest absolute Gasteiger partial charge is 0.457 e. The Kier molecular flexibility index (Phi) is 4.64. The van der Waals surface area contributed by atoms with Crippen LogP contribution in [0, 0.1) is 0 Å². The molecule has 0 aromatic heterocycles. The van der Waals surface area contributed by atoms with Crippen molar-refractivity contribution >= 4 is 13.8 Å². The summed E-state index contributed by atoms with van der Waals surface area (Å²) in [6.07, 6.45) is 0. The van der Waals surface area contributed by atoms with Gasteiger partial charge in [-0.15, -0.1) is 0 Å². The SMILES string of the molecule is C=C(OP(=O)(O)O)C(=O)OCCO. The van der Waals surface area contributed by atoms with Gasteiger partial charge in [-0.2, -0.15) is 0 Å². The highest BCUT2D eigenvalue weighted by molar-refractivity contribution is 7.46. The Balaban J connectivity index is 3.98. The van der Waals surface area contributed by atoms with Crippen molar-refractivity contribution < 1.29 is 33.5 Å². The molecule has 7 nitrogen and oxygen atoms in total. The third-order valence-corrected chi connectivity index (χ3v) is 1.24. The first kappa shape index (κ1) is 12.1. The van der Waals surface area contributed by atoms with E-state index in [2.05, 4.69) is 15.8 Å². The van der Waals surface area contributed by atoms with Crippen LogP contribution >= 0.6 is 7.82 Å². The molecule has 0 spiro atoms. The number of aliphatic hydroxyl groups excluding tert-OH is 1. The van der Waals surface area contributed by atoms with Crippen LogP contribution in [-0.4, -0.2) is 34.1 Å². The topological polar surface area (TPSA) is 113 Å². The summed E-state index contributed by atoms with van der Waals surface area (Å²) in [4.78, 5) is 27.1. The summed E-state index contributed by atoms with van der Waals surface area (Å²) >= 11 is 0. The van der Waals surface area contributed by atoms with Crippen molar-refractivity contribution in [1.29, 1.82) is 0 Å².